The van der Waals surface area contributed by atoms with Crippen molar-refractivity contribution in [1.29, 1.82) is 0 Å². The first-order chi connectivity index (χ1) is 12.3. The summed E-state index contributed by atoms with van der Waals surface area (Å²) in [4.78, 5) is 25.2. The molecule has 1 aliphatic carbocycles. The average molecular weight is 362 g/mol. The number of hydrogen-bond acceptors (Lipinski definition) is 4. The molecule has 0 spiro atoms. The maximum atomic E-state index is 12.3. The number of aliphatic carboxylic acids is 1. The highest BCUT2D eigenvalue weighted by Gasteiger charge is 2.35. The standard InChI is InChI=1S/C20H30N2O4/c1-5-22(12-19(23)24)17-10-16(11-17)21-20(25)14(4)26-18-8-6-7-15(9-18)13(2)3/h6-9,13-14,16-17H,5,10-12H2,1-4H3,(H,21,25)(H,23,24). The highest BCUT2D eigenvalue weighted by Crippen LogP contribution is 2.26. The molecule has 1 aliphatic rings. The van der Waals surface area contributed by atoms with Gasteiger partial charge in [-0.05, 0) is 49.9 Å². The Bertz CT molecular complexity index is 626. The van der Waals surface area contributed by atoms with Gasteiger partial charge in [0.1, 0.15) is 5.75 Å². The molecule has 0 radical (unpaired) electrons. The predicted molar refractivity (Wildman–Crippen MR) is 100 cm³/mol. The zero-order valence-electron chi connectivity index (χ0n) is 16.1. The minimum Gasteiger partial charge on any atom is -0.481 e. The fraction of sp³-hybridized carbons (Fsp3) is 0.600. The van der Waals surface area contributed by atoms with Crippen molar-refractivity contribution in [1.82, 2.24) is 10.2 Å². The van der Waals surface area contributed by atoms with E-state index in [0.29, 0.717) is 18.2 Å². The molecule has 1 aromatic carbocycles. The Balaban J connectivity index is 1.80. The third-order valence-corrected chi connectivity index (χ3v) is 4.93. The molecule has 1 unspecified atom stereocenters. The van der Waals surface area contributed by atoms with Gasteiger partial charge in [0.05, 0.1) is 6.54 Å². The van der Waals surface area contributed by atoms with Crippen LogP contribution in [-0.2, 0) is 9.59 Å². The van der Waals surface area contributed by atoms with E-state index < -0.39 is 12.1 Å². The van der Waals surface area contributed by atoms with Gasteiger partial charge in [-0.25, -0.2) is 0 Å². The van der Waals surface area contributed by atoms with Crippen molar-refractivity contribution < 1.29 is 19.4 Å². The first-order valence-corrected chi connectivity index (χ1v) is 9.33. The molecule has 0 bridgehead atoms. The van der Waals surface area contributed by atoms with E-state index in [2.05, 4.69) is 19.2 Å². The molecule has 2 rings (SSSR count). The monoisotopic (exact) mass is 362 g/mol. The Morgan fingerprint density at radius 2 is 2.00 bits per heavy atom. The molecule has 1 atom stereocenters. The number of carboxylic acid groups (broad SMARTS) is 1. The number of likely N-dealkylation sites (N-methyl/N-ethyl adjacent to an activating group) is 1. The van der Waals surface area contributed by atoms with Gasteiger partial charge in [0, 0.05) is 12.1 Å². The minimum absolute atomic E-state index is 0.0491. The number of nitrogens with one attached hydrogen (secondary N) is 1. The Kier molecular flexibility index (Phi) is 7.03. The Labute approximate surface area is 155 Å². The summed E-state index contributed by atoms with van der Waals surface area (Å²) in [7, 11) is 0. The van der Waals surface area contributed by atoms with Crippen LogP contribution in [0.5, 0.6) is 5.75 Å². The van der Waals surface area contributed by atoms with Crippen molar-refractivity contribution in [2.75, 3.05) is 13.1 Å². The summed E-state index contributed by atoms with van der Waals surface area (Å²) in [6.45, 7) is 8.68. The van der Waals surface area contributed by atoms with Crippen LogP contribution in [0.25, 0.3) is 0 Å². The second-order valence-corrected chi connectivity index (χ2v) is 7.27. The maximum absolute atomic E-state index is 12.3. The van der Waals surface area contributed by atoms with Crippen molar-refractivity contribution in [2.24, 2.45) is 0 Å². The topological polar surface area (TPSA) is 78.9 Å². The van der Waals surface area contributed by atoms with E-state index in [1.165, 1.54) is 5.56 Å². The van der Waals surface area contributed by atoms with Crippen LogP contribution in [0.2, 0.25) is 0 Å². The molecule has 1 fully saturated rings. The smallest absolute Gasteiger partial charge is 0.317 e. The van der Waals surface area contributed by atoms with Crippen molar-refractivity contribution in [2.45, 2.75) is 64.6 Å². The number of benzene rings is 1. The summed E-state index contributed by atoms with van der Waals surface area (Å²) in [5.74, 6) is 0.153. The summed E-state index contributed by atoms with van der Waals surface area (Å²) in [5, 5.41) is 11.9. The number of carbonyl (C=O) groups excluding carboxylic acids is 1. The molecule has 6 heteroatoms. The van der Waals surface area contributed by atoms with Gasteiger partial charge in [-0.1, -0.05) is 32.9 Å². The Hall–Kier alpha value is -2.08. The van der Waals surface area contributed by atoms with Gasteiger partial charge < -0.3 is 15.2 Å². The van der Waals surface area contributed by atoms with E-state index in [9.17, 15) is 9.59 Å². The summed E-state index contributed by atoms with van der Waals surface area (Å²) >= 11 is 0. The van der Waals surface area contributed by atoms with E-state index in [0.717, 1.165) is 12.8 Å². The van der Waals surface area contributed by atoms with Crippen LogP contribution >= 0.6 is 0 Å². The number of carboxylic acids is 1. The van der Waals surface area contributed by atoms with Gasteiger partial charge in [0.15, 0.2) is 6.10 Å². The van der Waals surface area contributed by atoms with Crippen molar-refractivity contribution in [3.05, 3.63) is 29.8 Å². The number of rotatable bonds is 9. The van der Waals surface area contributed by atoms with E-state index in [1.807, 2.05) is 36.1 Å². The third kappa shape index (κ3) is 5.46. The molecular weight excluding hydrogens is 332 g/mol. The van der Waals surface area contributed by atoms with Gasteiger partial charge in [-0.2, -0.15) is 0 Å². The zero-order chi connectivity index (χ0) is 19.3. The molecule has 0 saturated heterocycles. The second kappa shape index (κ2) is 9.03. The predicted octanol–water partition coefficient (Wildman–Crippen LogP) is 2.63. The number of hydrogen-bond donors (Lipinski definition) is 2. The molecular formula is C20H30N2O4. The largest absolute Gasteiger partial charge is 0.481 e. The normalized spacial score (nSPS) is 20.5. The first-order valence-electron chi connectivity index (χ1n) is 9.33. The molecule has 1 saturated carbocycles. The zero-order valence-corrected chi connectivity index (χ0v) is 16.1. The number of carbonyl (C=O) groups is 2. The minimum atomic E-state index is -0.815. The molecule has 1 amide bonds. The highest BCUT2D eigenvalue weighted by molar-refractivity contribution is 5.81. The molecule has 0 aliphatic heterocycles. The summed E-state index contributed by atoms with van der Waals surface area (Å²) in [6.07, 6.45) is 0.989. The van der Waals surface area contributed by atoms with Gasteiger partial charge >= 0.3 is 5.97 Å². The van der Waals surface area contributed by atoms with Crippen LogP contribution in [0.15, 0.2) is 24.3 Å². The lowest BCUT2D eigenvalue weighted by Crippen LogP contribution is -2.56. The lowest BCUT2D eigenvalue weighted by Gasteiger charge is -2.42. The van der Waals surface area contributed by atoms with Gasteiger partial charge in [0.25, 0.3) is 5.91 Å². The van der Waals surface area contributed by atoms with Gasteiger partial charge in [-0.3, -0.25) is 14.5 Å². The third-order valence-electron chi connectivity index (χ3n) is 4.93. The molecule has 1 aromatic rings. The number of nitrogens with zero attached hydrogens (tertiary/aromatic N) is 1. The molecule has 2 N–H and O–H groups in total. The Morgan fingerprint density at radius 3 is 2.58 bits per heavy atom. The van der Waals surface area contributed by atoms with Crippen LogP contribution in [0, 0.1) is 0 Å². The Morgan fingerprint density at radius 1 is 1.31 bits per heavy atom. The summed E-state index contributed by atoms with van der Waals surface area (Å²) in [6, 6.07) is 8.13. The molecule has 144 valence electrons. The SMILES string of the molecule is CCN(CC(=O)O)C1CC(NC(=O)C(C)Oc2cccc(C(C)C)c2)C1. The maximum Gasteiger partial charge on any atom is 0.317 e. The van der Waals surface area contributed by atoms with Gasteiger partial charge in [0.2, 0.25) is 0 Å². The van der Waals surface area contributed by atoms with Crippen molar-refractivity contribution >= 4 is 11.9 Å². The van der Waals surface area contributed by atoms with Gasteiger partial charge in [-0.15, -0.1) is 0 Å². The summed E-state index contributed by atoms with van der Waals surface area (Å²) < 4.78 is 5.78. The fourth-order valence-electron chi connectivity index (χ4n) is 3.20. The molecule has 0 heterocycles. The van der Waals surface area contributed by atoms with Crippen LogP contribution in [0.3, 0.4) is 0 Å². The van der Waals surface area contributed by atoms with Crippen LogP contribution < -0.4 is 10.1 Å². The number of ether oxygens (including phenoxy) is 1. The second-order valence-electron chi connectivity index (χ2n) is 7.27. The van der Waals surface area contributed by atoms with Crippen LogP contribution in [-0.4, -0.2) is 53.2 Å². The van der Waals surface area contributed by atoms with Crippen LogP contribution in [0.1, 0.15) is 52.0 Å². The van der Waals surface area contributed by atoms with E-state index >= 15 is 0 Å². The lowest BCUT2D eigenvalue weighted by atomic mass is 9.85. The molecule has 6 nitrogen and oxygen atoms in total. The van der Waals surface area contributed by atoms with Crippen molar-refractivity contribution in [3.63, 3.8) is 0 Å². The van der Waals surface area contributed by atoms with Crippen LogP contribution in [0.4, 0.5) is 0 Å². The number of amides is 1. The van der Waals surface area contributed by atoms with E-state index in [4.69, 9.17) is 9.84 Å². The first kappa shape index (κ1) is 20.2. The molecule has 0 aromatic heterocycles. The fourth-order valence-corrected chi connectivity index (χ4v) is 3.20. The summed E-state index contributed by atoms with van der Waals surface area (Å²) in [5.41, 5.74) is 1.18. The van der Waals surface area contributed by atoms with Crippen molar-refractivity contribution in [3.8, 4) is 5.75 Å². The molecule has 26 heavy (non-hydrogen) atoms. The quantitative estimate of drug-likeness (QED) is 0.706. The lowest BCUT2D eigenvalue weighted by molar-refractivity contribution is -0.140. The highest BCUT2D eigenvalue weighted by atomic mass is 16.5. The average Bonchev–Trinajstić information content (AvgIpc) is 2.55. The van der Waals surface area contributed by atoms with E-state index in [1.54, 1.807) is 6.92 Å². The van der Waals surface area contributed by atoms with E-state index in [-0.39, 0.29) is 24.5 Å².